The Bertz CT molecular complexity index is 821. The fraction of sp³-hybridized carbons (Fsp3) is 0.591. The summed E-state index contributed by atoms with van der Waals surface area (Å²) in [5.74, 6) is 1.96. The van der Waals surface area contributed by atoms with Gasteiger partial charge in [-0.2, -0.15) is 4.98 Å². The molecule has 0 atom stereocenters. The number of rotatable bonds is 6. The molecule has 0 radical (unpaired) electrons. The van der Waals surface area contributed by atoms with Crippen LogP contribution in [-0.2, 0) is 4.74 Å². The number of halogens is 1. The van der Waals surface area contributed by atoms with Crippen LogP contribution in [0.1, 0.15) is 53.4 Å². The molecule has 3 rings (SSSR count). The van der Waals surface area contributed by atoms with Crippen LogP contribution < -0.4 is 10.6 Å². The molecule has 2 N–H and O–H groups in total. The van der Waals surface area contributed by atoms with E-state index in [0.717, 1.165) is 23.0 Å². The lowest BCUT2D eigenvalue weighted by Crippen LogP contribution is -2.44. The second-order valence-electron chi connectivity index (χ2n) is 9.09. The highest BCUT2D eigenvalue weighted by atomic mass is 79.9. The van der Waals surface area contributed by atoms with Crippen LogP contribution in [0.3, 0.4) is 0 Å². The van der Waals surface area contributed by atoms with Crippen LogP contribution in [0.15, 0.2) is 34.6 Å². The average molecular weight is 478 g/mol. The Morgan fingerprint density at radius 1 is 1.30 bits per heavy atom. The van der Waals surface area contributed by atoms with Crippen LogP contribution in [0.5, 0.6) is 0 Å². The first-order chi connectivity index (χ1) is 14.1. The molecule has 0 bridgehead atoms. The molecule has 1 saturated carbocycles. The average Bonchev–Trinajstić information content (AvgIpc) is 3.49. The van der Waals surface area contributed by atoms with E-state index in [2.05, 4.69) is 56.1 Å². The van der Waals surface area contributed by atoms with Gasteiger partial charge in [0.2, 0.25) is 5.95 Å². The number of nitrogens with zero attached hydrogens (tertiary/aromatic N) is 3. The second-order valence-corrected chi connectivity index (χ2v) is 9.94. The predicted octanol–water partition coefficient (Wildman–Crippen LogP) is 5.33. The first-order valence-electron chi connectivity index (χ1n) is 10.5. The number of likely N-dealkylation sites (tertiary alicyclic amines) is 1. The maximum absolute atomic E-state index is 12.2. The third-order valence-corrected chi connectivity index (χ3v) is 5.71. The largest absolute Gasteiger partial charge is 0.444 e. The third kappa shape index (κ3) is 6.72. The number of amides is 1. The zero-order valence-corrected chi connectivity index (χ0v) is 19.9. The molecule has 0 unspecified atom stereocenters. The fourth-order valence-electron chi connectivity index (χ4n) is 3.36. The highest BCUT2D eigenvalue weighted by Crippen LogP contribution is 2.36. The van der Waals surface area contributed by atoms with Crippen molar-refractivity contribution in [2.24, 2.45) is 5.92 Å². The molecule has 1 saturated heterocycles. The maximum atomic E-state index is 12.2. The van der Waals surface area contributed by atoms with E-state index in [-0.39, 0.29) is 12.1 Å². The van der Waals surface area contributed by atoms with Crippen LogP contribution in [0, 0.1) is 5.92 Å². The number of carbonyl (C=O) groups is 1. The molecule has 30 heavy (non-hydrogen) atoms. The van der Waals surface area contributed by atoms with E-state index in [0.29, 0.717) is 30.8 Å². The van der Waals surface area contributed by atoms with Crippen LogP contribution in [0.25, 0.3) is 0 Å². The number of ether oxygens (including phenoxy) is 1. The quantitative estimate of drug-likeness (QED) is 0.538. The lowest BCUT2D eigenvalue weighted by molar-refractivity contribution is 0.0210. The first kappa shape index (κ1) is 22.6. The van der Waals surface area contributed by atoms with Crippen LogP contribution in [0.2, 0.25) is 0 Å². The van der Waals surface area contributed by atoms with Gasteiger partial charge < -0.3 is 20.3 Å². The van der Waals surface area contributed by atoms with Gasteiger partial charge in [0.25, 0.3) is 0 Å². The number of allylic oxidation sites excluding steroid dienone is 2. The van der Waals surface area contributed by atoms with Gasteiger partial charge in [-0.25, -0.2) is 9.78 Å². The van der Waals surface area contributed by atoms with Crippen molar-refractivity contribution >= 4 is 33.8 Å². The Kier molecular flexibility index (Phi) is 7.06. The summed E-state index contributed by atoms with van der Waals surface area (Å²) in [5, 5.41) is 6.66. The molecule has 8 heteroatoms. The monoisotopic (exact) mass is 477 g/mol. The molecule has 1 aromatic heterocycles. The number of aromatic nitrogens is 2. The van der Waals surface area contributed by atoms with Gasteiger partial charge in [-0.05, 0) is 81.3 Å². The van der Waals surface area contributed by atoms with E-state index in [1.54, 1.807) is 11.1 Å². The molecule has 7 nitrogen and oxygen atoms in total. The van der Waals surface area contributed by atoms with Crippen molar-refractivity contribution in [2.75, 3.05) is 23.7 Å². The Morgan fingerprint density at radius 3 is 2.57 bits per heavy atom. The molecule has 1 amide bonds. The highest BCUT2D eigenvalue weighted by molar-refractivity contribution is 9.10. The van der Waals surface area contributed by atoms with Crippen molar-refractivity contribution in [3.63, 3.8) is 0 Å². The lowest BCUT2D eigenvalue weighted by atomic mass is 10.1. The maximum Gasteiger partial charge on any atom is 0.410 e. The second kappa shape index (κ2) is 9.37. The molecular formula is C22H32BrN5O2. The molecular weight excluding hydrogens is 446 g/mol. The molecule has 164 valence electrons. The van der Waals surface area contributed by atoms with Gasteiger partial charge in [0, 0.05) is 31.0 Å². The van der Waals surface area contributed by atoms with Gasteiger partial charge in [0.15, 0.2) is 0 Å². The van der Waals surface area contributed by atoms with Gasteiger partial charge in [-0.15, -0.1) is 0 Å². The molecule has 0 aromatic carbocycles. The number of anilines is 2. The van der Waals surface area contributed by atoms with E-state index in [4.69, 9.17) is 4.74 Å². The van der Waals surface area contributed by atoms with Gasteiger partial charge in [-0.1, -0.05) is 12.2 Å². The summed E-state index contributed by atoms with van der Waals surface area (Å²) in [5.41, 5.74) is 1.69. The molecule has 2 heterocycles. The summed E-state index contributed by atoms with van der Waals surface area (Å²) in [7, 11) is 0. The van der Waals surface area contributed by atoms with Gasteiger partial charge in [0.1, 0.15) is 11.4 Å². The van der Waals surface area contributed by atoms with Crippen molar-refractivity contribution in [2.45, 2.75) is 65.0 Å². The van der Waals surface area contributed by atoms with Crippen LogP contribution >= 0.6 is 15.9 Å². The van der Waals surface area contributed by atoms with E-state index >= 15 is 0 Å². The summed E-state index contributed by atoms with van der Waals surface area (Å²) in [6.07, 6.45) is 7.75. The summed E-state index contributed by atoms with van der Waals surface area (Å²) < 4.78 is 6.24. The Hall–Kier alpha value is -2.09. The number of carbonyl (C=O) groups excluding carboxylic acids is 1. The predicted molar refractivity (Wildman–Crippen MR) is 123 cm³/mol. The Balaban J connectivity index is 1.54. The summed E-state index contributed by atoms with van der Waals surface area (Å²) in [4.78, 5) is 23.0. The SMILES string of the molecule is C=C(/C=C(\C)C1CC1)Nc1nc(NC2CCN(C(=O)OC(C)(C)C)CC2)ncc1Br. The van der Waals surface area contributed by atoms with Crippen molar-refractivity contribution < 1.29 is 9.53 Å². The minimum absolute atomic E-state index is 0.206. The zero-order valence-electron chi connectivity index (χ0n) is 18.3. The summed E-state index contributed by atoms with van der Waals surface area (Å²) in [6.45, 7) is 13.2. The zero-order chi connectivity index (χ0) is 21.9. The third-order valence-electron chi connectivity index (χ3n) is 5.13. The molecule has 1 aliphatic carbocycles. The van der Waals surface area contributed by atoms with Crippen molar-refractivity contribution in [1.29, 1.82) is 0 Å². The fourth-order valence-corrected chi connectivity index (χ4v) is 3.65. The molecule has 2 fully saturated rings. The first-order valence-corrected chi connectivity index (χ1v) is 11.3. The van der Waals surface area contributed by atoms with E-state index in [1.807, 2.05) is 20.8 Å². The normalized spacial score (nSPS) is 18.2. The minimum Gasteiger partial charge on any atom is -0.444 e. The number of hydrogen-bond donors (Lipinski definition) is 2. The summed E-state index contributed by atoms with van der Waals surface area (Å²) in [6, 6.07) is 0.206. The highest BCUT2D eigenvalue weighted by Gasteiger charge is 2.27. The van der Waals surface area contributed by atoms with Crippen molar-refractivity contribution in [1.82, 2.24) is 14.9 Å². The topological polar surface area (TPSA) is 79.4 Å². The van der Waals surface area contributed by atoms with Crippen LogP contribution in [-0.4, -0.2) is 45.7 Å². The van der Waals surface area contributed by atoms with Gasteiger partial charge in [0.05, 0.1) is 4.47 Å². The van der Waals surface area contributed by atoms with E-state index < -0.39 is 5.60 Å². The van der Waals surface area contributed by atoms with Crippen LogP contribution in [0.4, 0.5) is 16.6 Å². The number of nitrogens with one attached hydrogen (secondary N) is 2. The van der Waals surface area contributed by atoms with E-state index in [1.165, 1.54) is 18.4 Å². The number of hydrogen-bond acceptors (Lipinski definition) is 6. The van der Waals surface area contributed by atoms with Gasteiger partial charge >= 0.3 is 6.09 Å². The standard InChI is InChI=1S/C22H32BrN5O2/c1-14(16-6-7-16)12-15(2)25-19-18(23)13-24-20(27-19)26-17-8-10-28(11-9-17)21(29)30-22(3,4)5/h12-13,16-17H,2,6-11H2,1,3-5H3,(H2,24,25,26,27)/b14-12+. The Morgan fingerprint density at radius 2 is 1.97 bits per heavy atom. The summed E-state index contributed by atoms with van der Waals surface area (Å²) >= 11 is 3.50. The van der Waals surface area contributed by atoms with Crippen molar-refractivity contribution in [3.05, 3.63) is 34.6 Å². The Labute approximate surface area is 187 Å². The van der Waals surface area contributed by atoms with Crippen molar-refractivity contribution in [3.8, 4) is 0 Å². The molecule has 1 aromatic rings. The molecule has 2 aliphatic rings. The molecule has 0 spiro atoms. The van der Waals surface area contributed by atoms with Gasteiger partial charge in [-0.3, -0.25) is 0 Å². The smallest absolute Gasteiger partial charge is 0.410 e. The molecule has 1 aliphatic heterocycles. The number of piperidine rings is 1. The minimum atomic E-state index is -0.475. The van der Waals surface area contributed by atoms with E-state index in [9.17, 15) is 4.79 Å². The lowest BCUT2D eigenvalue weighted by Gasteiger charge is -2.33.